The molecule has 0 spiro atoms. The summed E-state index contributed by atoms with van der Waals surface area (Å²) in [6.45, 7) is 5.34. The van der Waals surface area contributed by atoms with E-state index >= 15 is 0 Å². The van der Waals surface area contributed by atoms with Crippen molar-refractivity contribution in [1.82, 2.24) is 4.90 Å². The third-order valence-corrected chi connectivity index (χ3v) is 2.16. The van der Waals surface area contributed by atoms with Crippen molar-refractivity contribution in [3.63, 3.8) is 0 Å². The summed E-state index contributed by atoms with van der Waals surface area (Å²) in [5, 5.41) is 0. The van der Waals surface area contributed by atoms with E-state index in [4.69, 9.17) is 10.5 Å². The Bertz CT molecular complexity index is 111. The smallest absolute Gasteiger partial charge is 0.0824 e. The van der Waals surface area contributed by atoms with Crippen LogP contribution in [0.2, 0.25) is 0 Å². The van der Waals surface area contributed by atoms with Gasteiger partial charge in [-0.15, -0.1) is 0 Å². The average Bonchev–Trinajstić information content (AvgIpc) is 1.84. The summed E-state index contributed by atoms with van der Waals surface area (Å²) in [6, 6.07) is 0.330. The van der Waals surface area contributed by atoms with Crippen molar-refractivity contribution in [2.75, 3.05) is 26.7 Å². The standard InChI is InChI=1S/C8H18N2O/c1-7(9)3-4-10-5-8(6-10)11-2/h7-8H,3-6,9H2,1-2H3. The number of likely N-dealkylation sites (tertiary alicyclic amines) is 1. The van der Waals surface area contributed by atoms with Gasteiger partial charge in [0.15, 0.2) is 0 Å². The molecule has 0 amide bonds. The highest BCUT2D eigenvalue weighted by Crippen LogP contribution is 2.10. The van der Waals surface area contributed by atoms with Crippen LogP contribution >= 0.6 is 0 Å². The molecule has 0 aromatic rings. The second-order valence-electron chi connectivity index (χ2n) is 3.38. The number of methoxy groups -OCH3 is 1. The average molecular weight is 158 g/mol. The van der Waals surface area contributed by atoms with Crippen LogP contribution in [-0.2, 0) is 4.74 Å². The molecule has 1 aliphatic heterocycles. The van der Waals surface area contributed by atoms with Crippen LogP contribution in [-0.4, -0.2) is 43.8 Å². The van der Waals surface area contributed by atoms with Crippen LogP contribution in [0, 0.1) is 0 Å². The number of nitrogens with two attached hydrogens (primary N) is 1. The number of nitrogens with zero attached hydrogens (tertiary/aromatic N) is 1. The minimum absolute atomic E-state index is 0.330. The molecule has 1 heterocycles. The molecule has 3 nitrogen and oxygen atoms in total. The third kappa shape index (κ3) is 2.77. The van der Waals surface area contributed by atoms with Crippen molar-refractivity contribution in [2.45, 2.75) is 25.5 Å². The summed E-state index contributed by atoms with van der Waals surface area (Å²) < 4.78 is 5.15. The van der Waals surface area contributed by atoms with Crippen LogP contribution < -0.4 is 5.73 Å². The van der Waals surface area contributed by atoms with Gasteiger partial charge >= 0.3 is 0 Å². The Balaban J connectivity index is 1.96. The molecule has 3 heteroatoms. The van der Waals surface area contributed by atoms with E-state index in [0.717, 1.165) is 26.1 Å². The first-order chi connectivity index (χ1) is 5.22. The molecule has 0 radical (unpaired) electrons. The number of hydrogen-bond donors (Lipinski definition) is 1. The highest BCUT2D eigenvalue weighted by atomic mass is 16.5. The van der Waals surface area contributed by atoms with E-state index in [1.54, 1.807) is 7.11 Å². The van der Waals surface area contributed by atoms with Gasteiger partial charge in [-0.2, -0.15) is 0 Å². The van der Waals surface area contributed by atoms with Crippen LogP contribution in [0.3, 0.4) is 0 Å². The van der Waals surface area contributed by atoms with E-state index in [1.807, 2.05) is 6.92 Å². The van der Waals surface area contributed by atoms with E-state index in [1.165, 1.54) is 0 Å². The molecular weight excluding hydrogens is 140 g/mol. The lowest BCUT2D eigenvalue weighted by molar-refractivity contribution is -0.0299. The van der Waals surface area contributed by atoms with Gasteiger partial charge in [0.25, 0.3) is 0 Å². The molecule has 2 N–H and O–H groups in total. The maximum Gasteiger partial charge on any atom is 0.0824 e. The first-order valence-corrected chi connectivity index (χ1v) is 4.23. The van der Waals surface area contributed by atoms with Crippen LogP contribution in [0.1, 0.15) is 13.3 Å². The van der Waals surface area contributed by atoms with E-state index < -0.39 is 0 Å². The van der Waals surface area contributed by atoms with Crippen molar-refractivity contribution in [3.8, 4) is 0 Å². The summed E-state index contributed by atoms with van der Waals surface area (Å²) in [6.07, 6.45) is 1.57. The van der Waals surface area contributed by atoms with Crippen molar-refractivity contribution < 1.29 is 4.74 Å². The van der Waals surface area contributed by atoms with Gasteiger partial charge in [0, 0.05) is 26.2 Å². The lowest BCUT2D eigenvalue weighted by atomic mass is 10.1. The first-order valence-electron chi connectivity index (χ1n) is 4.23. The van der Waals surface area contributed by atoms with Gasteiger partial charge < -0.3 is 10.5 Å². The zero-order valence-electron chi connectivity index (χ0n) is 7.42. The predicted octanol–water partition coefficient (Wildman–Crippen LogP) is 0.0543. The third-order valence-electron chi connectivity index (χ3n) is 2.16. The minimum Gasteiger partial charge on any atom is -0.379 e. The van der Waals surface area contributed by atoms with Crippen LogP contribution in [0.15, 0.2) is 0 Å². The Morgan fingerprint density at radius 1 is 1.64 bits per heavy atom. The zero-order chi connectivity index (χ0) is 8.27. The van der Waals surface area contributed by atoms with Gasteiger partial charge in [0.05, 0.1) is 6.10 Å². The van der Waals surface area contributed by atoms with Gasteiger partial charge in [-0.1, -0.05) is 0 Å². The largest absolute Gasteiger partial charge is 0.379 e. The normalized spacial score (nSPS) is 23.2. The fourth-order valence-corrected chi connectivity index (χ4v) is 1.24. The molecule has 1 atom stereocenters. The van der Waals surface area contributed by atoms with Crippen LogP contribution in [0.5, 0.6) is 0 Å². The van der Waals surface area contributed by atoms with E-state index in [0.29, 0.717) is 12.1 Å². The Labute approximate surface area is 68.5 Å². The van der Waals surface area contributed by atoms with Gasteiger partial charge in [0.2, 0.25) is 0 Å². The molecule has 66 valence electrons. The highest BCUT2D eigenvalue weighted by Gasteiger charge is 2.25. The molecular formula is C8H18N2O. The van der Waals surface area contributed by atoms with E-state index in [2.05, 4.69) is 4.90 Å². The van der Waals surface area contributed by atoms with Gasteiger partial charge in [-0.3, -0.25) is 4.90 Å². The summed E-state index contributed by atoms with van der Waals surface area (Å²) in [4.78, 5) is 2.37. The first kappa shape index (κ1) is 8.97. The Morgan fingerprint density at radius 2 is 2.27 bits per heavy atom. The Hall–Kier alpha value is -0.120. The molecule has 1 saturated heterocycles. The topological polar surface area (TPSA) is 38.5 Å². The quantitative estimate of drug-likeness (QED) is 0.628. The fraction of sp³-hybridized carbons (Fsp3) is 1.00. The van der Waals surface area contributed by atoms with Crippen molar-refractivity contribution in [1.29, 1.82) is 0 Å². The maximum atomic E-state index is 5.63. The molecule has 1 rings (SSSR count). The van der Waals surface area contributed by atoms with Crippen molar-refractivity contribution >= 4 is 0 Å². The summed E-state index contributed by atoms with van der Waals surface area (Å²) in [5.41, 5.74) is 5.63. The summed E-state index contributed by atoms with van der Waals surface area (Å²) >= 11 is 0. The summed E-state index contributed by atoms with van der Waals surface area (Å²) in [5.74, 6) is 0. The Kier molecular flexibility index (Phi) is 3.30. The highest BCUT2D eigenvalue weighted by molar-refractivity contribution is 4.80. The van der Waals surface area contributed by atoms with Crippen LogP contribution in [0.25, 0.3) is 0 Å². The number of ether oxygens (including phenoxy) is 1. The number of rotatable bonds is 4. The second-order valence-corrected chi connectivity index (χ2v) is 3.38. The Morgan fingerprint density at radius 3 is 2.73 bits per heavy atom. The molecule has 0 aromatic carbocycles. The minimum atomic E-state index is 0.330. The number of hydrogen-bond acceptors (Lipinski definition) is 3. The monoisotopic (exact) mass is 158 g/mol. The summed E-state index contributed by atoms with van der Waals surface area (Å²) in [7, 11) is 1.77. The molecule has 1 unspecified atom stereocenters. The molecule has 0 aliphatic carbocycles. The maximum absolute atomic E-state index is 5.63. The molecule has 0 aromatic heterocycles. The van der Waals surface area contributed by atoms with Crippen molar-refractivity contribution in [3.05, 3.63) is 0 Å². The molecule has 0 bridgehead atoms. The van der Waals surface area contributed by atoms with Crippen molar-refractivity contribution in [2.24, 2.45) is 5.73 Å². The molecule has 0 saturated carbocycles. The zero-order valence-corrected chi connectivity index (χ0v) is 7.42. The lowest BCUT2D eigenvalue weighted by Crippen LogP contribution is -2.52. The van der Waals surface area contributed by atoms with Gasteiger partial charge in [0.1, 0.15) is 0 Å². The second kappa shape index (κ2) is 4.04. The fourth-order valence-electron chi connectivity index (χ4n) is 1.24. The van der Waals surface area contributed by atoms with E-state index in [-0.39, 0.29) is 0 Å². The van der Waals surface area contributed by atoms with Gasteiger partial charge in [-0.05, 0) is 19.9 Å². The molecule has 1 fully saturated rings. The van der Waals surface area contributed by atoms with E-state index in [9.17, 15) is 0 Å². The lowest BCUT2D eigenvalue weighted by Gasteiger charge is -2.38. The SMILES string of the molecule is COC1CN(CCC(C)N)C1. The van der Waals surface area contributed by atoms with Crippen LogP contribution in [0.4, 0.5) is 0 Å². The molecule has 1 aliphatic rings. The van der Waals surface area contributed by atoms with Gasteiger partial charge in [-0.25, -0.2) is 0 Å². The molecule has 11 heavy (non-hydrogen) atoms. The predicted molar refractivity (Wildman–Crippen MR) is 45.5 cm³/mol.